The lowest BCUT2D eigenvalue weighted by Crippen LogP contribution is -2.39. The minimum atomic E-state index is -0.419. The summed E-state index contributed by atoms with van der Waals surface area (Å²) in [5.41, 5.74) is 0.613. The number of hydrogen-bond acceptors (Lipinski definition) is 5. The van der Waals surface area contributed by atoms with Gasteiger partial charge >= 0.3 is 0 Å². The van der Waals surface area contributed by atoms with Crippen LogP contribution in [0.1, 0.15) is 18.4 Å². The minimum Gasteiger partial charge on any atom is -0.393 e. The standard InChI is InChI=1S/C10H13N3O3/c1-6-5-11-10(4-9(6)13(15)16)12-7-2-8(14)3-7/h4-5,7-8,14H,2-3H2,1H3,(H,11,12). The molecule has 0 amide bonds. The number of nitrogens with one attached hydrogen (secondary N) is 1. The molecule has 1 fully saturated rings. The van der Waals surface area contributed by atoms with Gasteiger partial charge in [0.25, 0.3) is 5.69 Å². The highest BCUT2D eigenvalue weighted by Crippen LogP contribution is 2.25. The second-order valence-electron chi connectivity index (χ2n) is 4.08. The van der Waals surface area contributed by atoms with E-state index in [1.807, 2.05) is 0 Å². The number of aliphatic hydroxyl groups excluding tert-OH is 1. The molecule has 86 valence electrons. The van der Waals surface area contributed by atoms with Crippen molar-refractivity contribution in [3.63, 3.8) is 0 Å². The molecule has 0 aliphatic heterocycles. The smallest absolute Gasteiger partial charge is 0.277 e. The molecule has 1 saturated carbocycles. The monoisotopic (exact) mass is 223 g/mol. The lowest BCUT2D eigenvalue weighted by molar-refractivity contribution is -0.385. The molecular formula is C10H13N3O3. The predicted octanol–water partition coefficient (Wildman–Crippen LogP) is 1.23. The molecule has 0 atom stereocenters. The quantitative estimate of drug-likeness (QED) is 0.594. The van der Waals surface area contributed by atoms with Crippen LogP contribution in [0.3, 0.4) is 0 Å². The Morgan fingerprint density at radius 1 is 1.62 bits per heavy atom. The van der Waals surface area contributed by atoms with E-state index in [0.717, 1.165) is 0 Å². The van der Waals surface area contributed by atoms with Gasteiger partial charge in [-0.3, -0.25) is 10.1 Å². The molecule has 1 aromatic heterocycles. The zero-order valence-corrected chi connectivity index (χ0v) is 8.88. The van der Waals surface area contributed by atoms with Crippen LogP contribution in [0.2, 0.25) is 0 Å². The summed E-state index contributed by atoms with van der Waals surface area (Å²) in [7, 11) is 0. The Morgan fingerprint density at radius 2 is 2.31 bits per heavy atom. The number of aryl methyl sites for hydroxylation is 1. The fourth-order valence-corrected chi connectivity index (χ4v) is 1.70. The average Bonchev–Trinajstić information content (AvgIpc) is 2.18. The van der Waals surface area contributed by atoms with E-state index in [4.69, 9.17) is 5.11 Å². The Kier molecular flexibility index (Phi) is 2.74. The SMILES string of the molecule is Cc1cnc(NC2CC(O)C2)cc1[N+](=O)[O-]. The zero-order valence-electron chi connectivity index (χ0n) is 8.88. The van der Waals surface area contributed by atoms with Crippen LogP contribution in [0, 0.1) is 17.0 Å². The summed E-state index contributed by atoms with van der Waals surface area (Å²) in [6.07, 6.45) is 2.57. The first-order valence-corrected chi connectivity index (χ1v) is 5.12. The normalized spacial score (nSPS) is 23.6. The van der Waals surface area contributed by atoms with E-state index >= 15 is 0 Å². The summed E-state index contributed by atoms with van der Waals surface area (Å²) in [6.45, 7) is 1.65. The molecule has 0 unspecified atom stereocenters. The maximum atomic E-state index is 10.7. The molecule has 2 rings (SSSR count). The molecule has 2 N–H and O–H groups in total. The maximum absolute atomic E-state index is 10.7. The first-order chi connectivity index (χ1) is 7.56. The number of hydrogen-bond donors (Lipinski definition) is 2. The first-order valence-electron chi connectivity index (χ1n) is 5.12. The Balaban J connectivity index is 2.10. The van der Waals surface area contributed by atoms with Crippen LogP contribution < -0.4 is 5.32 Å². The highest BCUT2D eigenvalue weighted by molar-refractivity contribution is 5.49. The maximum Gasteiger partial charge on any atom is 0.277 e. The van der Waals surface area contributed by atoms with Crippen molar-refractivity contribution in [3.8, 4) is 0 Å². The van der Waals surface area contributed by atoms with Crippen LogP contribution in [0.5, 0.6) is 0 Å². The topological polar surface area (TPSA) is 88.3 Å². The Morgan fingerprint density at radius 3 is 2.88 bits per heavy atom. The number of rotatable bonds is 3. The number of anilines is 1. The number of nitro groups is 1. The van der Waals surface area contributed by atoms with E-state index in [1.165, 1.54) is 12.3 Å². The molecule has 0 radical (unpaired) electrons. The first kappa shape index (κ1) is 10.8. The van der Waals surface area contributed by atoms with E-state index in [1.54, 1.807) is 6.92 Å². The lowest BCUT2D eigenvalue weighted by atomic mass is 9.89. The molecule has 0 saturated heterocycles. The van der Waals surface area contributed by atoms with Crippen molar-refractivity contribution in [1.82, 2.24) is 4.98 Å². The molecule has 1 aromatic rings. The third-order valence-corrected chi connectivity index (χ3v) is 2.74. The van der Waals surface area contributed by atoms with Crippen LogP contribution in [0.4, 0.5) is 11.5 Å². The fourth-order valence-electron chi connectivity index (χ4n) is 1.70. The van der Waals surface area contributed by atoms with Crippen molar-refractivity contribution in [1.29, 1.82) is 0 Å². The highest BCUT2D eigenvalue weighted by Gasteiger charge is 2.27. The summed E-state index contributed by atoms with van der Waals surface area (Å²) in [4.78, 5) is 14.4. The predicted molar refractivity (Wildman–Crippen MR) is 58.3 cm³/mol. The van der Waals surface area contributed by atoms with Gasteiger partial charge in [-0.05, 0) is 19.8 Å². The molecule has 16 heavy (non-hydrogen) atoms. The van der Waals surface area contributed by atoms with Gasteiger partial charge in [0.2, 0.25) is 0 Å². The van der Waals surface area contributed by atoms with Crippen LogP contribution in [0.15, 0.2) is 12.3 Å². The minimum absolute atomic E-state index is 0.0670. The molecule has 1 aliphatic rings. The van der Waals surface area contributed by atoms with Gasteiger partial charge in [-0.15, -0.1) is 0 Å². The van der Waals surface area contributed by atoms with Gasteiger partial charge in [0.15, 0.2) is 0 Å². The van der Waals surface area contributed by atoms with Gasteiger partial charge in [0.1, 0.15) is 5.82 Å². The molecule has 0 aromatic carbocycles. The van der Waals surface area contributed by atoms with Gasteiger partial charge in [0.05, 0.1) is 17.1 Å². The van der Waals surface area contributed by atoms with Crippen LogP contribution in [-0.2, 0) is 0 Å². The summed E-state index contributed by atoms with van der Waals surface area (Å²) in [6, 6.07) is 1.60. The van der Waals surface area contributed by atoms with Gasteiger partial charge in [-0.2, -0.15) is 0 Å². The van der Waals surface area contributed by atoms with Crippen molar-refractivity contribution in [2.24, 2.45) is 0 Å². The second-order valence-corrected chi connectivity index (χ2v) is 4.08. The van der Waals surface area contributed by atoms with Crippen molar-refractivity contribution in [2.75, 3.05) is 5.32 Å². The van der Waals surface area contributed by atoms with Crippen LogP contribution in [0.25, 0.3) is 0 Å². The summed E-state index contributed by atoms with van der Waals surface area (Å²) in [5, 5.41) is 22.9. The lowest BCUT2D eigenvalue weighted by Gasteiger charge is -2.32. The molecule has 1 heterocycles. The Bertz CT molecular complexity index is 416. The summed E-state index contributed by atoms with van der Waals surface area (Å²) >= 11 is 0. The van der Waals surface area contributed by atoms with Crippen molar-refractivity contribution in [3.05, 3.63) is 27.9 Å². The zero-order chi connectivity index (χ0) is 11.7. The number of aromatic nitrogens is 1. The molecular weight excluding hydrogens is 210 g/mol. The average molecular weight is 223 g/mol. The largest absolute Gasteiger partial charge is 0.393 e. The van der Waals surface area contributed by atoms with Crippen molar-refractivity contribution < 1.29 is 10.0 Å². The van der Waals surface area contributed by atoms with E-state index in [9.17, 15) is 10.1 Å². The second kappa shape index (κ2) is 4.05. The van der Waals surface area contributed by atoms with E-state index in [0.29, 0.717) is 24.2 Å². The van der Waals surface area contributed by atoms with Crippen molar-refractivity contribution in [2.45, 2.75) is 31.9 Å². The van der Waals surface area contributed by atoms with Gasteiger partial charge < -0.3 is 10.4 Å². The molecule has 0 bridgehead atoms. The van der Waals surface area contributed by atoms with Crippen LogP contribution in [-0.4, -0.2) is 27.2 Å². The van der Waals surface area contributed by atoms with Crippen LogP contribution >= 0.6 is 0 Å². The summed E-state index contributed by atoms with van der Waals surface area (Å²) < 4.78 is 0. The number of nitrogens with zero attached hydrogens (tertiary/aromatic N) is 2. The Hall–Kier alpha value is -1.69. The van der Waals surface area contributed by atoms with Gasteiger partial charge in [-0.25, -0.2) is 4.98 Å². The molecule has 6 heteroatoms. The molecule has 6 nitrogen and oxygen atoms in total. The van der Waals surface area contributed by atoms with E-state index in [2.05, 4.69) is 10.3 Å². The molecule has 1 aliphatic carbocycles. The van der Waals surface area contributed by atoms with Gasteiger partial charge in [-0.1, -0.05) is 0 Å². The van der Waals surface area contributed by atoms with Crippen molar-refractivity contribution >= 4 is 11.5 Å². The fraction of sp³-hybridized carbons (Fsp3) is 0.500. The molecule has 0 spiro atoms. The Labute approximate surface area is 92.5 Å². The summed E-state index contributed by atoms with van der Waals surface area (Å²) in [5.74, 6) is 0.495. The van der Waals surface area contributed by atoms with E-state index < -0.39 is 4.92 Å². The van der Waals surface area contributed by atoms with E-state index in [-0.39, 0.29) is 17.8 Å². The highest BCUT2D eigenvalue weighted by atomic mass is 16.6. The third kappa shape index (κ3) is 2.11. The number of pyridine rings is 1. The van der Waals surface area contributed by atoms with Gasteiger partial charge in [0, 0.05) is 17.8 Å². The number of aliphatic hydroxyl groups is 1. The third-order valence-electron chi connectivity index (χ3n) is 2.74.